The molecule has 0 aliphatic carbocycles. The summed E-state index contributed by atoms with van der Waals surface area (Å²) in [4.78, 5) is 8.33. The van der Waals surface area contributed by atoms with E-state index in [1.54, 1.807) is 29.2 Å². The van der Waals surface area contributed by atoms with Crippen LogP contribution in [0.15, 0.2) is 46.3 Å². The van der Waals surface area contributed by atoms with E-state index >= 15 is 0 Å². The Kier molecular flexibility index (Phi) is 4.67. The van der Waals surface area contributed by atoms with Gasteiger partial charge in [-0.1, -0.05) is 5.16 Å². The summed E-state index contributed by atoms with van der Waals surface area (Å²) in [5, 5.41) is 7.79. The molecule has 1 N–H and O–H groups in total. The molecule has 126 valence electrons. The van der Waals surface area contributed by atoms with Crippen LogP contribution in [0, 0.1) is 0 Å². The molecule has 9 nitrogen and oxygen atoms in total. The average Bonchev–Trinajstić information content (AvgIpc) is 3.25. The molecule has 0 bridgehead atoms. The van der Waals surface area contributed by atoms with Crippen LogP contribution < -0.4 is 4.72 Å². The number of hydrogen-bond donors (Lipinski definition) is 1. The number of aryl methyl sites for hydroxylation is 1. The molecule has 0 saturated heterocycles. The Labute approximate surface area is 138 Å². The fourth-order valence-electron chi connectivity index (χ4n) is 2.00. The van der Waals surface area contributed by atoms with Crippen molar-refractivity contribution >= 4 is 10.0 Å². The Balaban J connectivity index is 1.59. The predicted molar refractivity (Wildman–Crippen MR) is 84.3 cm³/mol. The Morgan fingerprint density at radius 2 is 2.21 bits per heavy atom. The van der Waals surface area contributed by atoms with Crippen LogP contribution in [0.1, 0.15) is 12.7 Å². The second kappa shape index (κ2) is 6.89. The van der Waals surface area contributed by atoms with Gasteiger partial charge in [0.2, 0.25) is 10.0 Å². The summed E-state index contributed by atoms with van der Waals surface area (Å²) in [5.74, 6) is 0.769. The van der Waals surface area contributed by atoms with Crippen LogP contribution >= 0.6 is 0 Å². The van der Waals surface area contributed by atoms with E-state index in [-0.39, 0.29) is 11.4 Å². The summed E-state index contributed by atoms with van der Waals surface area (Å²) >= 11 is 0. The van der Waals surface area contributed by atoms with Crippen molar-refractivity contribution in [1.29, 1.82) is 0 Å². The second-order valence-corrected chi connectivity index (χ2v) is 6.70. The molecule has 0 aromatic carbocycles. The van der Waals surface area contributed by atoms with Crippen molar-refractivity contribution in [3.63, 3.8) is 0 Å². The molecule has 0 spiro atoms. The summed E-state index contributed by atoms with van der Waals surface area (Å²) in [5.41, 5.74) is 0.712. The van der Waals surface area contributed by atoms with Gasteiger partial charge in [-0.25, -0.2) is 13.1 Å². The molecule has 0 unspecified atom stereocenters. The van der Waals surface area contributed by atoms with Crippen molar-refractivity contribution in [3.8, 4) is 11.5 Å². The number of nitrogens with one attached hydrogen (secondary N) is 1. The zero-order valence-electron chi connectivity index (χ0n) is 13.0. The third-order valence-electron chi connectivity index (χ3n) is 3.26. The fraction of sp³-hybridized carbons (Fsp3) is 0.286. The third-order valence-corrected chi connectivity index (χ3v) is 4.68. The Morgan fingerprint density at radius 1 is 1.33 bits per heavy atom. The summed E-state index contributed by atoms with van der Waals surface area (Å²) in [7, 11) is -3.59. The van der Waals surface area contributed by atoms with Crippen LogP contribution in [0.3, 0.4) is 0 Å². The molecule has 0 radical (unpaired) electrons. The van der Waals surface area contributed by atoms with Crippen molar-refractivity contribution < 1.29 is 12.9 Å². The van der Waals surface area contributed by atoms with E-state index in [1.807, 2.05) is 6.92 Å². The number of rotatable bonds is 7. The molecule has 3 heterocycles. The van der Waals surface area contributed by atoms with Gasteiger partial charge in [0.05, 0.1) is 11.8 Å². The smallest absolute Gasteiger partial charge is 0.259 e. The molecule has 0 aliphatic rings. The van der Waals surface area contributed by atoms with Crippen LogP contribution in [-0.4, -0.2) is 39.9 Å². The fourth-order valence-corrected chi connectivity index (χ4v) is 2.98. The SMILES string of the molecule is CCn1cc(S(=O)(=O)NCCc2noc(-c3cccnc3)n2)cn1. The van der Waals surface area contributed by atoms with Crippen LogP contribution in [0.5, 0.6) is 0 Å². The minimum absolute atomic E-state index is 0.133. The van der Waals surface area contributed by atoms with Crippen molar-refractivity contribution in [3.05, 3.63) is 42.7 Å². The first-order chi connectivity index (χ1) is 11.6. The lowest BCUT2D eigenvalue weighted by molar-refractivity contribution is 0.422. The molecule has 0 amide bonds. The minimum Gasteiger partial charge on any atom is -0.334 e. The number of aromatic nitrogens is 5. The van der Waals surface area contributed by atoms with E-state index in [0.717, 1.165) is 0 Å². The van der Waals surface area contributed by atoms with Gasteiger partial charge in [-0.15, -0.1) is 0 Å². The van der Waals surface area contributed by atoms with E-state index in [9.17, 15) is 8.42 Å². The molecular formula is C14H16N6O3S. The lowest BCUT2D eigenvalue weighted by atomic mass is 10.3. The predicted octanol–water partition coefficient (Wildman–Crippen LogP) is 0.869. The lowest BCUT2D eigenvalue weighted by Crippen LogP contribution is -2.26. The van der Waals surface area contributed by atoms with Crippen molar-refractivity contribution in [2.45, 2.75) is 24.8 Å². The van der Waals surface area contributed by atoms with Crippen LogP contribution in [0.2, 0.25) is 0 Å². The lowest BCUT2D eigenvalue weighted by Gasteiger charge is -2.02. The molecule has 0 atom stereocenters. The summed E-state index contributed by atoms with van der Waals surface area (Å²) in [6.07, 6.45) is 6.38. The molecular weight excluding hydrogens is 332 g/mol. The van der Waals surface area contributed by atoms with Gasteiger partial charge in [-0.2, -0.15) is 10.1 Å². The van der Waals surface area contributed by atoms with Gasteiger partial charge in [0.1, 0.15) is 4.90 Å². The van der Waals surface area contributed by atoms with Crippen molar-refractivity contribution in [2.75, 3.05) is 6.54 Å². The van der Waals surface area contributed by atoms with E-state index < -0.39 is 10.0 Å². The normalized spacial score (nSPS) is 11.7. The summed E-state index contributed by atoms with van der Waals surface area (Å²) < 4.78 is 33.5. The second-order valence-electron chi connectivity index (χ2n) is 4.94. The quantitative estimate of drug-likeness (QED) is 0.673. The van der Waals surface area contributed by atoms with E-state index in [1.165, 1.54) is 12.4 Å². The highest BCUT2D eigenvalue weighted by molar-refractivity contribution is 7.89. The maximum Gasteiger partial charge on any atom is 0.259 e. The van der Waals surface area contributed by atoms with E-state index in [4.69, 9.17) is 4.52 Å². The molecule has 0 fully saturated rings. The van der Waals surface area contributed by atoms with Gasteiger partial charge in [-0.05, 0) is 19.1 Å². The molecule has 3 aromatic heterocycles. The first-order valence-electron chi connectivity index (χ1n) is 7.33. The van der Waals surface area contributed by atoms with Crippen LogP contribution in [0.4, 0.5) is 0 Å². The maximum absolute atomic E-state index is 12.1. The monoisotopic (exact) mass is 348 g/mol. The van der Waals surface area contributed by atoms with E-state index in [2.05, 4.69) is 24.9 Å². The minimum atomic E-state index is -3.59. The Bertz CT molecular complexity index is 904. The van der Waals surface area contributed by atoms with Gasteiger partial charge in [0.25, 0.3) is 5.89 Å². The largest absolute Gasteiger partial charge is 0.334 e. The van der Waals surface area contributed by atoms with Gasteiger partial charge in [0.15, 0.2) is 5.82 Å². The van der Waals surface area contributed by atoms with Crippen LogP contribution in [-0.2, 0) is 23.0 Å². The standard InChI is InChI=1S/C14H16N6O3S/c1-2-20-10-12(9-16-20)24(21,22)17-7-5-13-18-14(23-19-13)11-4-3-6-15-8-11/h3-4,6,8-10,17H,2,5,7H2,1H3. The first kappa shape index (κ1) is 16.3. The van der Waals surface area contributed by atoms with Crippen molar-refractivity contribution in [1.82, 2.24) is 29.6 Å². The van der Waals surface area contributed by atoms with Crippen LogP contribution in [0.25, 0.3) is 11.5 Å². The zero-order chi connectivity index (χ0) is 17.0. The molecule has 24 heavy (non-hydrogen) atoms. The number of hydrogen-bond acceptors (Lipinski definition) is 7. The molecule has 0 saturated carbocycles. The van der Waals surface area contributed by atoms with E-state index in [0.29, 0.717) is 30.2 Å². The number of sulfonamides is 1. The Morgan fingerprint density at radius 3 is 2.92 bits per heavy atom. The Hall–Kier alpha value is -2.59. The van der Waals surface area contributed by atoms with Gasteiger partial charge < -0.3 is 4.52 Å². The molecule has 0 aliphatic heterocycles. The van der Waals surface area contributed by atoms with Crippen molar-refractivity contribution in [2.24, 2.45) is 0 Å². The average molecular weight is 348 g/mol. The summed E-state index contributed by atoms with van der Waals surface area (Å²) in [6, 6.07) is 3.57. The third kappa shape index (κ3) is 3.66. The highest BCUT2D eigenvalue weighted by Gasteiger charge is 2.16. The molecule has 3 rings (SSSR count). The highest BCUT2D eigenvalue weighted by atomic mass is 32.2. The van der Waals surface area contributed by atoms with Gasteiger partial charge in [0, 0.05) is 38.1 Å². The number of pyridine rings is 1. The number of nitrogens with zero attached hydrogens (tertiary/aromatic N) is 5. The van der Waals surface area contributed by atoms with Gasteiger partial charge >= 0.3 is 0 Å². The zero-order valence-corrected chi connectivity index (χ0v) is 13.8. The molecule has 10 heteroatoms. The maximum atomic E-state index is 12.1. The first-order valence-corrected chi connectivity index (χ1v) is 8.82. The topological polar surface area (TPSA) is 116 Å². The highest BCUT2D eigenvalue weighted by Crippen LogP contribution is 2.15. The summed E-state index contributed by atoms with van der Waals surface area (Å²) in [6.45, 7) is 2.65. The molecule has 3 aromatic rings. The van der Waals surface area contributed by atoms with Gasteiger partial charge in [-0.3, -0.25) is 9.67 Å².